The molecule has 0 aliphatic heterocycles. The van der Waals surface area contributed by atoms with Gasteiger partial charge in [-0.3, -0.25) is 0 Å². The number of rotatable bonds is 6. The van der Waals surface area contributed by atoms with Crippen molar-refractivity contribution in [2.45, 2.75) is 23.4 Å². The van der Waals surface area contributed by atoms with Crippen molar-refractivity contribution in [1.29, 1.82) is 0 Å². The summed E-state index contributed by atoms with van der Waals surface area (Å²) < 4.78 is 31.5. The Labute approximate surface area is 125 Å². The van der Waals surface area contributed by atoms with E-state index in [2.05, 4.69) is 20.3 Å². The second-order valence-electron chi connectivity index (χ2n) is 4.03. The number of nitrogens with zero attached hydrogens (tertiary/aromatic N) is 3. The summed E-state index contributed by atoms with van der Waals surface area (Å²) in [6, 6.07) is 3.47. The molecule has 0 radical (unpaired) electrons. The van der Waals surface area contributed by atoms with Crippen LogP contribution in [-0.2, 0) is 0 Å². The Morgan fingerprint density at radius 1 is 1.24 bits per heavy atom. The second kappa shape index (κ2) is 7.16. The number of nitrogens with one attached hydrogen (secondary N) is 1. The standard InChI is InChI=1S/C13H14F2N4OS/c1-3-6-16-11-17-12(20-2)19-13(18-11)21-10-5-4-8(14)7-9(10)15/h4-5,7H,3,6H2,1-2H3,(H,16,17,18,19). The van der Waals surface area contributed by atoms with Crippen molar-refractivity contribution in [1.82, 2.24) is 15.0 Å². The van der Waals surface area contributed by atoms with Crippen LogP contribution in [0.2, 0.25) is 0 Å². The Morgan fingerprint density at radius 3 is 2.71 bits per heavy atom. The van der Waals surface area contributed by atoms with Gasteiger partial charge in [-0.1, -0.05) is 6.92 Å². The van der Waals surface area contributed by atoms with Gasteiger partial charge in [0.05, 0.1) is 12.0 Å². The van der Waals surface area contributed by atoms with Crippen LogP contribution in [0.1, 0.15) is 13.3 Å². The number of methoxy groups -OCH3 is 1. The van der Waals surface area contributed by atoms with Gasteiger partial charge in [0.15, 0.2) is 0 Å². The number of ether oxygens (including phenoxy) is 1. The number of hydrogen-bond acceptors (Lipinski definition) is 6. The minimum absolute atomic E-state index is 0.133. The normalized spacial score (nSPS) is 10.5. The molecule has 21 heavy (non-hydrogen) atoms. The van der Waals surface area contributed by atoms with Gasteiger partial charge in [-0.25, -0.2) is 8.78 Å². The molecule has 0 amide bonds. The SMILES string of the molecule is CCCNc1nc(OC)nc(Sc2ccc(F)cc2F)n1. The van der Waals surface area contributed by atoms with E-state index in [4.69, 9.17) is 4.74 Å². The molecule has 112 valence electrons. The Balaban J connectivity index is 2.25. The first-order valence-electron chi connectivity index (χ1n) is 6.29. The summed E-state index contributed by atoms with van der Waals surface area (Å²) in [6.07, 6.45) is 0.906. The molecule has 0 saturated heterocycles. The highest BCUT2D eigenvalue weighted by Crippen LogP contribution is 2.28. The average Bonchev–Trinajstić information content (AvgIpc) is 2.48. The first-order chi connectivity index (χ1) is 10.1. The molecular weight excluding hydrogens is 298 g/mol. The van der Waals surface area contributed by atoms with Gasteiger partial charge in [-0.15, -0.1) is 0 Å². The molecule has 2 rings (SSSR count). The van der Waals surface area contributed by atoms with E-state index in [0.29, 0.717) is 12.5 Å². The summed E-state index contributed by atoms with van der Waals surface area (Å²) in [6.45, 7) is 2.71. The molecule has 1 N–H and O–H groups in total. The molecule has 1 aromatic carbocycles. The van der Waals surface area contributed by atoms with Crippen LogP contribution in [0.15, 0.2) is 28.3 Å². The molecule has 0 bridgehead atoms. The first kappa shape index (κ1) is 15.4. The van der Waals surface area contributed by atoms with Gasteiger partial charge in [-0.2, -0.15) is 15.0 Å². The van der Waals surface area contributed by atoms with Crippen LogP contribution in [-0.4, -0.2) is 28.6 Å². The van der Waals surface area contributed by atoms with Crippen LogP contribution in [0.3, 0.4) is 0 Å². The quantitative estimate of drug-likeness (QED) is 0.884. The highest BCUT2D eigenvalue weighted by Gasteiger charge is 2.11. The number of hydrogen-bond donors (Lipinski definition) is 1. The van der Waals surface area contributed by atoms with Crippen molar-refractivity contribution in [3.63, 3.8) is 0 Å². The van der Waals surface area contributed by atoms with Gasteiger partial charge >= 0.3 is 6.01 Å². The summed E-state index contributed by atoms with van der Waals surface area (Å²) in [5, 5.41) is 3.28. The summed E-state index contributed by atoms with van der Waals surface area (Å²) in [5.41, 5.74) is 0. The van der Waals surface area contributed by atoms with Crippen LogP contribution >= 0.6 is 11.8 Å². The molecular formula is C13H14F2N4OS. The van der Waals surface area contributed by atoms with Crippen molar-refractivity contribution in [2.24, 2.45) is 0 Å². The van der Waals surface area contributed by atoms with Crippen LogP contribution in [0.5, 0.6) is 6.01 Å². The van der Waals surface area contributed by atoms with Gasteiger partial charge < -0.3 is 10.1 Å². The summed E-state index contributed by atoms with van der Waals surface area (Å²) in [5.74, 6) is -0.938. The third kappa shape index (κ3) is 4.25. The molecule has 5 nitrogen and oxygen atoms in total. The van der Waals surface area contributed by atoms with E-state index in [9.17, 15) is 8.78 Å². The summed E-state index contributed by atoms with van der Waals surface area (Å²) in [7, 11) is 1.44. The largest absolute Gasteiger partial charge is 0.467 e. The maximum Gasteiger partial charge on any atom is 0.321 e. The molecule has 1 heterocycles. The van der Waals surface area contributed by atoms with Crippen LogP contribution in [0, 0.1) is 11.6 Å². The van der Waals surface area contributed by atoms with Crippen molar-refractivity contribution in [3.05, 3.63) is 29.8 Å². The van der Waals surface area contributed by atoms with E-state index < -0.39 is 11.6 Å². The van der Waals surface area contributed by atoms with Gasteiger partial charge in [0, 0.05) is 12.6 Å². The maximum absolute atomic E-state index is 13.6. The monoisotopic (exact) mass is 312 g/mol. The van der Waals surface area contributed by atoms with Gasteiger partial charge in [-0.05, 0) is 30.3 Å². The molecule has 0 unspecified atom stereocenters. The molecule has 0 spiro atoms. The van der Waals surface area contributed by atoms with E-state index in [0.717, 1.165) is 24.2 Å². The predicted octanol–water partition coefficient (Wildman–Crippen LogP) is 3.13. The Hall–Kier alpha value is -1.96. The third-order valence-electron chi connectivity index (χ3n) is 2.41. The summed E-state index contributed by atoms with van der Waals surface area (Å²) in [4.78, 5) is 12.5. The molecule has 0 saturated carbocycles. The molecule has 8 heteroatoms. The molecule has 2 aromatic rings. The number of halogens is 2. The molecule has 0 aliphatic rings. The lowest BCUT2D eigenvalue weighted by molar-refractivity contribution is 0.373. The zero-order valence-corrected chi connectivity index (χ0v) is 12.4. The van der Waals surface area contributed by atoms with Crippen molar-refractivity contribution in [2.75, 3.05) is 19.0 Å². The average molecular weight is 312 g/mol. The number of aromatic nitrogens is 3. The predicted molar refractivity (Wildman–Crippen MR) is 75.6 cm³/mol. The Kier molecular flexibility index (Phi) is 5.26. The topological polar surface area (TPSA) is 59.9 Å². The zero-order valence-electron chi connectivity index (χ0n) is 11.6. The van der Waals surface area contributed by atoms with E-state index in [1.54, 1.807) is 0 Å². The van der Waals surface area contributed by atoms with Crippen molar-refractivity contribution in [3.8, 4) is 6.01 Å². The smallest absolute Gasteiger partial charge is 0.321 e. The Morgan fingerprint density at radius 2 is 2.05 bits per heavy atom. The van der Waals surface area contributed by atoms with E-state index in [-0.39, 0.29) is 16.1 Å². The number of anilines is 1. The lowest BCUT2D eigenvalue weighted by atomic mass is 10.3. The van der Waals surface area contributed by atoms with Gasteiger partial charge in [0.25, 0.3) is 0 Å². The fraction of sp³-hybridized carbons (Fsp3) is 0.308. The van der Waals surface area contributed by atoms with Gasteiger partial charge in [0.2, 0.25) is 11.1 Å². The van der Waals surface area contributed by atoms with Crippen molar-refractivity contribution < 1.29 is 13.5 Å². The second-order valence-corrected chi connectivity index (χ2v) is 5.04. The Bertz CT molecular complexity index is 627. The fourth-order valence-corrected chi connectivity index (χ4v) is 2.19. The molecule has 0 fully saturated rings. The maximum atomic E-state index is 13.6. The van der Waals surface area contributed by atoms with Gasteiger partial charge in [0.1, 0.15) is 11.6 Å². The molecule has 0 aliphatic carbocycles. The number of benzene rings is 1. The first-order valence-corrected chi connectivity index (χ1v) is 7.11. The van der Waals surface area contributed by atoms with E-state index in [1.165, 1.54) is 19.2 Å². The zero-order chi connectivity index (χ0) is 15.2. The molecule has 0 atom stereocenters. The highest BCUT2D eigenvalue weighted by atomic mass is 32.2. The highest BCUT2D eigenvalue weighted by molar-refractivity contribution is 7.99. The van der Waals surface area contributed by atoms with Crippen LogP contribution < -0.4 is 10.1 Å². The molecule has 1 aromatic heterocycles. The van der Waals surface area contributed by atoms with Crippen LogP contribution in [0.4, 0.5) is 14.7 Å². The van der Waals surface area contributed by atoms with Crippen molar-refractivity contribution >= 4 is 17.7 Å². The third-order valence-corrected chi connectivity index (χ3v) is 3.32. The van der Waals surface area contributed by atoms with E-state index in [1.807, 2.05) is 6.92 Å². The minimum Gasteiger partial charge on any atom is -0.467 e. The van der Waals surface area contributed by atoms with Crippen LogP contribution in [0.25, 0.3) is 0 Å². The lowest BCUT2D eigenvalue weighted by Crippen LogP contribution is -2.07. The van der Waals surface area contributed by atoms with E-state index >= 15 is 0 Å². The lowest BCUT2D eigenvalue weighted by Gasteiger charge is -2.07. The summed E-state index contributed by atoms with van der Waals surface area (Å²) >= 11 is 0.976. The minimum atomic E-state index is -0.664. The fourth-order valence-electron chi connectivity index (χ4n) is 1.45.